The molecule has 0 bridgehead atoms. The van der Waals surface area contributed by atoms with Crippen molar-refractivity contribution < 1.29 is 0 Å². The lowest BCUT2D eigenvalue weighted by Crippen LogP contribution is -2.28. The SMILES string of the molecule is CCC(CC)NCc1ccnc2ccnn12. The number of aromatic nitrogens is 3. The second kappa shape index (κ2) is 5.07. The molecule has 0 aliphatic carbocycles. The summed E-state index contributed by atoms with van der Waals surface area (Å²) < 4.78 is 1.88. The lowest BCUT2D eigenvalue weighted by atomic mass is 10.2. The van der Waals surface area contributed by atoms with E-state index in [1.54, 1.807) is 6.20 Å². The first-order chi connectivity index (χ1) is 7.85. The van der Waals surface area contributed by atoms with E-state index in [0.717, 1.165) is 30.7 Å². The first-order valence-corrected chi connectivity index (χ1v) is 5.86. The van der Waals surface area contributed by atoms with E-state index in [2.05, 4.69) is 29.2 Å². The molecule has 2 aromatic heterocycles. The van der Waals surface area contributed by atoms with Crippen molar-refractivity contribution in [3.63, 3.8) is 0 Å². The fourth-order valence-corrected chi connectivity index (χ4v) is 1.85. The van der Waals surface area contributed by atoms with Gasteiger partial charge in [-0.15, -0.1) is 0 Å². The van der Waals surface area contributed by atoms with Gasteiger partial charge in [0.1, 0.15) is 0 Å². The number of nitrogens with one attached hydrogen (secondary N) is 1. The summed E-state index contributed by atoms with van der Waals surface area (Å²) in [6.45, 7) is 5.25. The number of nitrogens with zero attached hydrogens (tertiary/aromatic N) is 3. The van der Waals surface area contributed by atoms with Crippen LogP contribution in [0, 0.1) is 0 Å². The van der Waals surface area contributed by atoms with Crippen molar-refractivity contribution in [1.29, 1.82) is 0 Å². The van der Waals surface area contributed by atoms with Crippen molar-refractivity contribution in [3.05, 3.63) is 30.2 Å². The molecule has 0 saturated heterocycles. The predicted molar refractivity (Wildman–Crippen MR) is 64.2 cm³/mol. The van der Waals surface area contributed by atoms with E-state index in [-0.39, 0.29) is 0 Å². The van der Waals surface area contributed by atoms with E-state index in [1.165, 1.54) is 0 Å². The van der Waals surface area contributed by atoms with Gasteiger partial charge in [-0.25, -0.2) is 9.50 Å². The smallest absolute Gasteiger partial charge is 0.155 e. The van der Waals surface area contributed by atoms with Gasteiger partial charge in [-0.05, 0) is 18.9 Å². The highest BCUT2D eigenvalue weighted by Gasteiger charge is 2.05. The van der Waals surface area contributed by atoms with Crippen LogP contribution in [0.5, 0.6) is 0 Å². The molecule has 0 aliphatic rings. The maximum atomic E-state index is 4.26. The first-order valence-electron chi connectivity index (χ1n) is 5.86. The minimum atomic E-state index is 0.582. The zero-order valence-electron chi connectivity index (χ0n) is 9.85. The number of fused-ring (bicyclic) bond motifs is 1. The van der Waals surface area contributed by atoms with Crippen molar-refractivity contribution >= 4 is 5.65 Å². The summed E-state index contributed by atoms with van der Waals surface area (Å²) in [6.07, 6.45) is 5.93. The topological polar surface area (TPSA) is 42.2 Å². The summed E-state index contributed by atoms with van der Waals surface area (Å²) in [4.78, 5) is 4.24. The maximum absolute atomic E-state index is 4.26. The van der Waals surface area contributed by atoms with Crippen molar-refractivity contribution in [2.45, 2.75) is 39.3 Å². The predicted octanol–water partition coefficient (Wildman–Crippen LogP) is 2.01. The van der Waals surface area contributed by atoms with Crippen LogP contribution in [0.25, 0.3) is 5.65 Å². The zero-order valence-corrected chi connectivity index (χ0v) is 9.85. The molecule has 1 N–H and O–H groups in total. The van der Waals surface area contributed by atoms with Crippen molar-refractivity contribution in [1.82, 2.24) is 19.9 Å². The third kappa shape index (κ3) is 2.22. The molecule has 2 aromatic rings. The normalized spacial score (nSPS) is 11.4. The van der Waals surface area contributed by atoms with E-state index in [1.807, 2.05) is 22.8 Å². The van der Waals surface area contributed by atoms with Crippen LogP contribution in [0.2, 0.25) is 0 Å². The Balaban J connectivity index is 2.11. The molecule has 0 radical (unpaired) electrons. The van der Waals surface area contributed by atoms with E-state index in [9.17, 15) is 0 Å². The number of rotatable bonds is 5. The Morgan fingerprint density at radius 1 is 1.25 bits per heavy atom. The van der Waals surface area contributed by atoms with Crippen LogP contribution >= 0.6 is 0 Å². The fraction of sp³-hybridized carbons (Fsp3) is 0.500. The third-order valence-electron chi connectivity index (χ3n) is 2.93. The van der Waals surface area contributed by atoms with Crippen LogP contribution in [-0.4, -0.2) is 20.6 Å². The molecular formula is C12H18N4. The molecule has 0 amide bonds. The molecule has 0 aliphatic heterocycles. The quantitative estimate of drug-likeness (QED) is 0.834. The van der Waals surface area contributed by atoms with Crippen LogP contribution in [0.3, 0.4) is 0 Å². The van der Waals surface area contributed by atoms with Gasteiger partial charge in [0.15, 0.2) is 5.65 Å². The van der Waals surface area contributed by atoms with Crippen LogP contribution in [0.4, 0.5) is 0 Å². The molecule has 2 heterocycles. The van der Waals surface area contributed by atoms with Gasteiger partial charge >= 0.3 is 0 Å². The van der Waals surface area contributed by atoms with E-state index in [0.29, 0.717) is 6.04 Å². The third-order valence-corrected chi connectivity index (χ3v) is 2.93. The van der Waals surface area contributed by atoms with Crippen molar-refractivity contribution in [2.75, 3.05) is 0 Å². The molecular weight excluding hydrogens is 200 g/mol. The maximum Gasteiger partial charge on any atom is 0.155 e. The molecule has 4 heteroatoms. The van der Waals surface area contributed by atoms with Gasteiger partial charge in [0, 0.05) is 24.8 Å². The largest absolute Gasteiger partial charge is 0.308 e. The lowest BCUT2D eigenvalue weighted by Gasteiger charge is -2.14. The molecule has 0 unspecified atom stereocenters. The van der Waals surface area contributed by atoms with E-state index in [4.69, 9.17) is 0 Å². The Bertz CT molecular complexity index is 445. The van der Waals surface area contributed by atoms with Crippen LogP contribution in [-0.2, 0) is 6.54 Å². The average molecular weight is 218 g/mol. The fourth-order valence-electron chi connectivity index (χ4n) is 1.85. The van der Waals surface area contributed by atoms with Gasteiger partial charge < -0.3 is 5.32 Å². The summed E-state index contributed by atoms with van der Waals surface area (Å²) in [5.41, 5.74) is 2.06. The second-order valence-corrected chi connectivity index (χ2v) is 3.93. The van der Waals surface area contributed by atoms with E-state index >= 15 is 0 Å². The van der Waals surface area contributed by atoms with Crippen LogP contribution in [0.1, 0.15) is 32.4 Å². The highest BCUT2D eigenvalue weighted by atomic mass is 15.3. The standard InChI is InChI=1S/C12H18N4/c1-3-10(4-2)14-9-11-5-7-13-12-6-8-15-16(11)12/h5-8,10,14H,3-4,9H2,1-2H3. The highest BCUT2D eigenvalue weighted by Crippen LogP contribution is 2.04. The Labute approximate surface area is 95.7 Å². The lowest BCUT2D eigenvalue weighted by molar-refractivity contribution is 0.477. The van der Waals surface area contributed by atoms with Gasteiger partial charge in [-0.1, -0.05) is 13.8 Å². The monoisotopic (exact) mass is 218 g/mol. The summed E-state index contributed by atoms with van der Waals surface area (Å²) in [6, 6.07) is 4.51. The minimum absolute atomic E-state index is 0.582. The molecule has 16 heavy (non-hydrogen) atoms. The Hall–Kier alpha value is -1.42. The summed E-state index contributed by atoms with van der Waals surface area (Å²) in [5.74, 6) is 0. The molecule has 0 atom stereocenters. The summed E-state index contributed by atoms with van der Waals surface area (Å²) in [5, 5.41) is 7.79. The Morgan fingerprint density at radius 3 is 2.81 bits per heavy atom. The van der Waals surface area contributed by atoms with E-state index < -0.39 is 0 Å². The van der Waals surface area contributed by atoms with Gasteiger partial charge in [0.25, 0.3) is 0 Å². The molecule has 0 saturated carbocycles. The summed E-state index contributed by atoms with van der Waals surface area (Å²) in [7, 11) is 0. The van der Waals surface area contributed by atoms with Crippen molar-refractivity contribution in [3.8, 4) is 0 Å². The number of hydrogen-bond acceptors (Lipinski definition) is 3. The molecule has 86 valence electrons. The average Bonchev–Trinajstić information content (AvgIpc) is 2.79. The molecule has 4 nitrogen and oxygen atoms in total. The summed E-state index contributed by atoms with van der Waals surface area (Å²) >= 11 is 0. The molecule has 2 rings (SSSR count). The molecule has 0 aromatic carbocycles. The molecule has 0 spiro atoms. The van der Waals surface area contributed by atoms with Gasteiger partial charge in [0.05, 0.1) is 11.9 Å². The Kier molecular flexibility index (Phi) is 3.51. The Morgan fingerprint density at radius 2 is 2.06 bits per heavy atom. The van der Waals surface area contributed by atoms with Gasteiger partial charge in [-0.2, -0.15) is 5.10 Å². The zero-order chi connectivity index (χ0) is 11.4. The highest BCUT2D eigenvalue weighted by molar-refractivity contribution is 5.36. The second-order valence-electron chi connectivity index (χ2n) is 3.93. The van der Waals surface area contributed by atoms with Gasteiger partial charge in [0.2, 0.25) is 0 Å². The van der Waals surface area contributed by atoms with Crippen LogP contribution in [0.15, 0.2) is 24.5 Å². The molecule has 0 fully saturated rings. The van der Waals surface area contributed by atoms with Crippen molar-refractivity contribution in [2.24, 2.45) is 0 Å². The first kappa shape index (κ1) is 11.1. The minimum Gasteiger partial charge on any atom is -0.308 e. The van der Waals surface area contributed by atoms with Gasteiger partial charge in [-0.3, -0.25) is 0 Å². The van der Waals surface area contributed by atoms with Crippen LogP contribution < -0.4 is 5.32 Å². The number of hydrogen-bond donors (Lipinski definition) is 1.